The van der Waals surface area contributed by atoms with E-state index < -0.39 is 0 Å². The SMILES string of the molecule is CCN(CC)c1ccc(/C=N/NC(=O)c2ccc(CSc3nc(C)cc(C)n3)cc2)c(O)c1. The van der Waals surface area contributed by atoms with Crippen LogP contribution in [0, 0.1) is 13.8 Å². The second-order valence-corrected chi connectivity index (χ2v) is 8.48. The Morgan fingerprint density at radius 1 is 1.06 bits per heavy atom. The monoisotopic (exact) mass is 463 g/mol. The Hall–Kier alpha value is -3.39. The number of phenols is 1. The highest BCUT2D eigenvalue weighted by molar-refractivity contribution is 7.98. The molecule has 1 aromatic heterocycles. The molecule has 3 aromatic rings. The summed E-state index contributed by atoms with van der Waals surface area (Å²) in [6.45, 7) is 9.76. The fourth-order valence-corrected chi connectivity index (χ4v) is 4.22. The summed E-state index contributed by atoms with van der Waals surface area (Å²) in [6, 6.07) is 14.7. The van der Waals surface area contributed by atoms with Gasteiger partial charge >= 0.3 is 0 Å². The summed E-state index contributed by atoms with van der Waals surface area (Å²) in [5.41, 5.74) is 7.46. The molecule has 1 amide bonds. The molecule has 0 saturated carbocycles. The van der Waals surface area contributed by atoms with Gasteiger partial charge in [-0.25, -0.2) is 15.4 Å². The van der Waals surface area contributed by atoms with Gasteiger partial charge in [-0.1, -0.05) is 23.9 Å². The maximum atomic E-state index is 12.4. The zero-order chi connectivity index (χ0) is 23.8. The molecule has 0 saturated heterocycles. The molecule has 0 bridgehead atoms. The molecule has 33 heavy (non-hydrogen) atoms. The minimum Gasteiger partial charge on any atom is -0.507 e. The zero-order valence-corrected chi connectivity index (χ0v) is 20.2. The first-order valence-electron chi connectivity index (χ1n) is 10.8. The molecule has 0 radical (unpaired) electrons. The van der Waals surface area contributed by atoms with Crippen LogP contribution in [0.2, 0.25) is 0 Å². The van der Waals surface area contributed by atoms with Crippen LogP contribution in [0.4, 0.5) is 5.69 Å². The number of carbonyl (C=O) groups is 1. The number of nitrogens with zero attached hydrogens (tertiary/aromatic N) is 4. The van der Waals surface area contributed by atoms with E-state index in [2.05, 4.69) is 39.2 Å². The van der Waals surface area contributed by atoms with E-state index in [1.54, 1.807) is 36.0 Å². The van der Waals surface area contributed by atoms with Crippen molar-refractivity contribution in [2.24, 2.45) is 5.10 Å². The molecule has 0 fully saturated rings. The molecule has 0 atom stereocenters. The van der Waals surface area contributed by atoms with Gasteiger partial charge in [0.25, 0.3) is 5.91 Å². The maximum Gasteiger partial charge on any atom is 0.271 e. The Morgan fingerprint density at radius 3 is 2.33 bits per heavy atom. The number of carbonyl (C=O) groups excluding carboxylic acids is 1. The summed E-state index contributed by atoms with van der Waals surface area (Å²) in [6.07, 6.45) is 1.44. The molecular formula is C25H29N5O2S. The largest absolute Gasteiger partial charge is 0.507 e. The molecule has 0 aliphatic heterocycles. The first-order valence-corrected chi connectivity index (χ1v) is 11.8. The van der Waals surface area contributed by atoms with Crippen LogP contribution in [0.5, 0.6) is 5.75 Å². The second-order valence-electron chi connectivity index (χ2n) is 7.53. The Balaban J connectivity index is 1.55. The molecule has 2 aromatic carbocycles. The van der Waals surface area contributed by atoms with E-state index >= 15 is 0 Å². The van der Waals surface area contributed by atoms with Gasteiger partial charge in [0.1, 0.15) is 5.75 Å². The van der Waals surface area contributed by atoms with Crippen molar-refractivity contribution in [1.29, 1.82) is 0 Å². The van der Waals surface area contributed by atoms with E-state index in [1.165, 1.54) is 6.21 Å². The number of phenolic OH excluding ortho intramolecular Hbond substituents is 1. The van der Waals surface area contributed by atoms with Crippen LogP contribution in [0.15, 0.2) is 58.8 Å². The molecule has 1 heterocycles. The molecule has 0 unspecified atom stereocenters. The standard InChI is InChI=1S/C25H29N5O2S/c1-5-30(6-2)22-12-11-21(23(31)14-22)15-26-29-24(32)20-9-7-19(8-10-20)16-33-25-27-17(3)13-18(4)28-25/h7-15,31H,5-6,16H2,1-4H3,(H,29,32)/b26-15+. The van der Waals surface area contributed by atoms with E-state index in [0.29, 0.717) is 16.9 Å². The lowest BCUT2D eigenvalue weighted by Crippen LogP contribution is -2.21. The smallest absolute Gasteiger partial charge is 0.271 e. The van der Waals surface area contributed by atoms with Gasteiger partial charge in [0.2, 0.25) is 0 Å². The molecular weight excluding hydrogens is 434 g/mol. The van der Waals surface area contributed by atoms with E-state index in [1.807, 2.05) is 38.1 Å². The van der Waals surface area contributed by atoms with E-state index in [-0.39, 0.29) is 11.7 Å². The normalized spacial score (nSPS) is 11.0. The van der Waals surface area contributed by atoms with Gasteiger partial charge in [0.05, 0.1) is 6.21 Å². The number of hydrogen-bond acceptors (Lipinski definition) is 7. The van der Waals surface area contributed by atoms with Gasteiger partial charge in [0.15, 0.2) is 5.16 Å². The quantitative estimate of drug-likeness (QED) is 0.207. The third-order valence-electron chi connectivity index (χ3n) is 5.06. The predicted octanol–water partition coefficient (Wildman–Crippen LogP) is 4.70. The zero-order valence-electron chi connectivity index (χ0n) is 19.4. The molecule has 172 valence electrons. The van der Waals surface area contributed by atoms with Gasteiger partial charge < -0.3 is 10.0 Å². The number of nitrogens with one attached hydrogen (secondary N) is 1. The van der Waals surface area contributed by atoms with Gasteiger partial charge in [-0.05, 0) is 63.6 Å². The van der Waals surface area contributed by atoms with Crippen LogP contribution in [0.25, 0.3) is 0 Å². The van der Waals surface area contributed by atoms with Crippen molar-refractivity contribution in [1.82, 2.24) is 15.4 Å². The maximum absolute atomic E-state index is 12.4. The molecule has 0 spiro atoms. The van der Waals surface area contributed by atoms with Gasteiger partial charge in [-0.15, -0.1) is 0 Å². The van der Waals surface area contributed by atoms with Crippen LogP contribution in [-0.4, -0.2) is 40.3 Å². The van der Waals surface area contributed by atoms with Crippen molar-refractivity contribution in [2.45, 2.75) is 38.6 Å². The highest BCUT2D eigenvalue weighted by Crippen LogP contribution is 2.23. The van der Waals surface area contributed by atoms with Gasteiger partial charge in [0, 0.05) is 53.1 Å². The third kappa shape index (κ3) is 6.79. The number of aryl methyl sites for hydroxylation is 2. The summed E-state index contributed by atoms with van der Waals surface area (Å²) in [7, 11) is 0. The lowest BCUT2D eigenvalue weighted by atomic mass is 10.1. The number of thioether (sulfide) groups is 1. The number of hydrazone groups is 1. The topological polar surface area (TPSA) is 90.7 Å². The fraction of sp³-hybridized carbons (Fsp3) is 0.280. The Labute approximate surface area is 199 Å². The summed E-state index contributed by atoms with van der Waals surface area (Å²) >= 11 is 1.56. The first kappa shape index (κ1) is 24.3. The predicted molar refractivity (Wildman–Crippen MR) is 134 cm³/mol. The number of anilines is 1. The van der Waals surface area contributed by atoms with Crippen LogP contribution >= 0.6 is 11.8 Å². The highest BCUT2D eigenvalue weighted by atomic mass is 32.2. The summed E-state index contributed by atoms with van der Waals surface area (Å²) < 4.78 is 0. The molecule has 2 N–H and O–H groups in total. The van der Waals surface area contributed by atoms with Crippen molar-refractivity contribution in [3.63, 3.8) is 0 Å². The lowest BCUT2D eigenvalue weighted by Gasteiger charge is -2.21. The number of aromatic hydroxyl groups is 1. The Bertz CT molecular complexity index is 1110. The highest BCUT2D eigenvalue weighted by Gasteiger charge is 2.08. The van der Waals surface area contributed by atoms with Crippen LogP contribution in [0.3, 0.4) is 0 Å². The number of hydrogen-bond donors (Lipinski definition) is 2. The minimum absolute atomic E-state index is 0.118. The second kappa shape index (κ2) is 11.5. The summed E-state index contributed by atoms with van der Waals surface area (Å²) in [5, 5.41) is 15.0. The lowest BCUT2D eigenvalue weighted by molar-refractivity contribution is 0.0955. The molecule has 0 aliphatic carbocycles. The van der Waals surface area contributed by atoms with Crippen LogP contribution in [-0.2, 0) is 5.75 Å². The summed E-state index contributed by atoms with van der Waals surface area (Å²) in [4.78, 5) is 23.4. The van der Waals surface area contributed by atoms with Crippen molar-refractivity contribution in [3.8, 4) is 5.75 Å². The van der Waals surface area contributed by atoms with Gasteiger partial charge in [-0.2, -0.15) is 5.10 Å². The Morgan fingerprint density at radius 2 is 1.73 bits per heavy atom. The third-order valence-corrected chi connectivity index (χ3v) is 5.98. The molecule has 0 aliphatic rings. The van der Waals surface area contributed by atoms with Crippen molar-refractivity contribution >= 4 is 29.6 Å². The first-order chi connectivity index (χ1) is 15.9. The average molecular weight is 464 g/mol. The van der Waals surface area contributed by atoms with E-state index in [0.717, 1.165) is 40.9 Å². The molecule has 8 heteroatoms. The van der Waals surface area contributed by atoms with Crippen LogP contribution in [0.1, 0.15) is 46.7 Å². The average Bonchev–Trinajstić information content (AvgIpc) is 2.79. The van der Waals surface area contributed by atoms with Crippen molar-refractivity contribution in [3.05, 3.63) is 76.6 Å². The number of benzene rings is 2. The Kier molecular flexibility index (Phi) is 8.43. The van der Waals surface area contributed by atoms with Crippen LogP contribution < -0.4 is 10.3 Å². The minimum atomic E-state index is -0.317. The summed E-state index contributed by atoms with van der Waals surface area (Å²) in [5.74, 6) is 0.514. The van der Waals surface area contributed by atoms with E-state index in [9.17, 15) is 9.90 Å². The number of rotatable bonds is 9. The van der Waals surface area contributed by atoms with E-state index in [4.69, 9.17) is 0 Å². The molecule has 7 nitrogen and oxygen atoms in total. The van der Waals surface area contributed by atoms with Gasteiger partial charge in [-0.3, -0.25) is 4.79 Å². The number of amides is 1. The fourth-order valence-electron chi connectivity index (χ4n) is 3.31. The number of aromatic nitrogens is 2. The molecule has 3 rings (SSSR count). The van der Waals surface area contributed by atoms with Crippen molar-refractivity contribution in [2.75, 3.05) is 18.0 Å². The van der Waals surface area contributed by atoms with Crippen molar-refractivity contribution < 1.29 is 9.90 Å².